The van der Waals surface area contributed by atoms with E-state index in [9.17, 15) is 8.42 Å². The van der Waals surface area contributed by atoms with Gasteiger partial charge in [0.2, 0.25) is 0 Å². The van der Waals surface area contributed by atoms with Crippen molar-refractivity contribution in [2.75, 3.05) is 51.8 Å². The molecule has 0 spiro atoms. The van der Waals surface area contributed by atoms with Crippen LogP contribution in [0.1, 0.15) is 24.3 Å². The second-order valence-corrected chi connectivity index (χ2v) is 7.87. The Kier molecular flexibility index (Phi) is 5.15. The van der Waals surface area contributed by atoms with Gasteiger partial charge in [-0.25, -0.2) is 4.98 Å². The number of hydrogen-bond acceptors (Lipinski definition) is 5. The lowest BCUT2D eigenvalue weighted by molar-refractivity contribution is 0.0695. The minimum atomic E-state index is -3.39. The Morgan fingerprint density at radius 3 is 2.78 bits per heavy atom. The van der Waals surface area contributed by atoms with Crippen molar-refractivity contribution < 1.29 is 13.2 Å². The van der Waals surface area contributed by atoms with Gasteiger partial charge in [-0.05, 0) is 36.5 Å². The monoisotopic (exact) mass is 340 g/mol. The summed E-state index contributed by atoms with van der Waals surface area (Å²) < 4.78 is 34.1. The Morgan fingerprint density at radius 1 is 1.26 bits per heavy atom. The first kappa shape index (κ1) is 16.6. The number of pyridine rings is 1. The lowest BCUT2D eigenvalue weighted by atomic mass is 9.92. The molecule has 1 aromatic rings. The fourth-order valence-electron chi connectivity index (χ4n) is 3.20. The summed E-state index contributed by atoms with van der Waals surface area (Å²) in [5.41, 5.74) is 1.14. The van der Waals surface area contributed by atoms with Crippen LogP contribution >= 0.6 is 0 Å². The molecule has 0 aliphatic carbocycles. The highest BCUT2D eigenvalue weighted by atomic mass is 32.2. The molecular formula is C15H24N4O3S. The molecule has 1 aromatic heterocycles. The zero-order valence-corrected chi connectivity index (χ0v) is 14.3. The van der Waals surface area contributed by atoms with Crippen LogP contribution in [0.4, 0.5) is 5.82 Å². The second-order valence-electron chi connectivity index (χ2n) is 5.94. The van der Waals surface area contributed by atoms with E-state index in [1.807, 2.05) is 19.2 Å². The van der Waals surface area contributed by atoms with E-state index >= 15 is 0 Å². The van der Waals surface area contributed by atoms with E-state index in [1.165, 1.54) is 0 Å². The molecule has 2 aliphatic heterocycles. The van der Waals surface area contributed by atoms with Crippen molar-refractivity contribution in [3.8, 4) is 0 Å². The van der Waals surface area contributed by atoms with Crippen LogP contribution in [0, 0.1) is 0 Å². The summed E-state index contributed by atoms with van der Waals surface area (Å²) in [5.74, 6) is 1.03. The molecule has 2 fully saturated rings. The third-order valence-corrected chi connectivity index (χ3v) is 6.52. The minimum absolute atomic E-state index is 0.217. The number of anilines is 1. The molecule has 128 valence electrons. The summed E-state index contributed by atoms with van der Waals surface area (Å²) in [7, 11) is -1.55. The lowest BCUT2D eigenvalue weighted by Gasteiger charge is -2.36. The summed E-state index contributed by atoms with van der Waals surface area (Å²) in [6.45, 7) is 2.98. The number of piperidine rings is 1. The first-order valence-corrected chi connectivity index (χ1v) is 9.47. The van der Waals surface area contributed by atoms with Gasteiger partial charge in [0.15, 0.2) is 0 Å². The Morgan fingerprint density at radius 2 is 2.04 bits per heavy atom. The van der Waals surface area contributed by atoms with Gasteiger partial charge in [0.1, 0.15) is 5.82 Å². The zero-order valence-electron chi connectivity index (χ0n) is 13.4. The highest BCUT2D eigenvalue weighted by Gasteiger charge is 2.34. The first-order valence-electron chi connectivity index (χ1n) is 8.08. The lowest BCUT2D eigenvalue weighted by Crippen LogP contribution is -2.51. The summed E-state index contributed by atoms with van der Waals surface area (Å²) in [6.07, 6.45) is 3.66. The number of hydrogen-bond donors (Lipinski definition) is 1. The fraction of sp³-hybridized carbons (Fsp3) is 0.667. The number of nitrogens with zero attached hydrogens (tertiary/aromatic N) is 3. The maximum atomic E-state index is 12.8. The van der Waals surface area contributed by atoms with E-state index < -0.39 is 10.2 Å². The highest BCUT2D eigenvalue weighted by molar-refractivity contribution is 7.86. The predicted octanol–water partition coefficient (Wildman–Crippen LogP) is 0.880. The molecule has 7 nitrogen and oxygen atoms in total. The third-order valence-electron chi connectivity index (χ3n) is 4.52. The van der Waals surface area contributed by atoms with Crippen LogP contribution in [0.2, 0.25) is 0 Å². The van der Waals surface area contributed by atoms with Crippen molar-refractivity contribution in [3.05, 3.63) is 23.9 Å². The Hall–Kier alpha value is -1.22. The topological polar surface area (TPSA) is 74.8 Å². The second kappa shape index (κ2) is 7.12. The molecular weight excluding hydrogens is 316 g/mol. The maximum Gasteiger partial charge on any atom is 0.282 e. The number of ether oxygens (including phenoxy) is 1. The van der Waals surface area contributed by atoms with Crippen molar-refractivity contribution in [1.82, 2.24) is 13.6 Å². The van der Waals surface area contributed by atoms with Crippen LogP contribution in [0.25, 0.3) is 0 Å². The van der Waals surface area contributed by atoms with E-state index in [1.54, 1.807) is 14.8 Å². The van der Waals surface area contributed by atoms with Crippen LogP contribution < -0.4 is 5.32 Å². The van der Waals surface area contributed by atoms with Crippen LogP contribution in [-0.4, -0.2) is 68.5 Å². The van der Waals surface area contributed by atoms with Gasteiger partial charge in [-0.2, -0.15) is 17.0 Å². The molecule has 0 bridgehead atoms. The van der Waals surface area contributed by atoms with Gasteiger partial charge < -0.3 is 10.1 Å². The van der Waals surface area contributed by atoms with Crippen LogP contribution in [0.3, 0.4) is 0 Å². The van der Waals surface area contributed by atoms with Gasteiger partial charge in [-0.3, -0.25) is 0 Å². The third kappa shape index (κ3) is 3.65. The largest absolute Gasteiger partial charge is 0.379 e. The summed E-state index contributed by atoms with van der Waals surface area (Å²) in [4.78, 5) is 4.23. The summed E-state index contributed by atoms with van der Waals surface area (Å²) >= 11 is 0. The standard InChI is InChI=1S/C15H24N4O3S/c1-16-15-11-13(4-5-17-15)14-3-2-6-19(12-14)23(20,21)18-7-9-22-10-8-18/h4-5,11,14H,2-3,6-10,12H2,1H3,(H,16,17)/t14-/m0/s1. The number of aromatic nitrogens is 1. The quantitative estimate of drug-likeness (QED) is 0.881. The normalized spacial score (nSPS) is 24.5. The van der Waals surface area contributed by atoms with Gasteiger partial charge in [0.25, 0.3) is 10.2 Å². The van der Waals surface area contributed by atoms with Crippen molar-refractivity contribution in [3.63, 3.8) is 0 Å². The van der Waals surface area contributed by atoms with Gasteiger partial charge in [0.05, 0.1) is 13.2 Å². The highest BCUT2D eigenvalue weighted by Crippen LogP contribution is 2.30. The SMILES string of the molecule is CNc1cc([C@H]2CCCN(S(=O)(=O)N3CCOCC3)C2)ccn1. The molecule has 23 heavy (non-hydrogen) atoms. The molecule has 8 heteroatoms. The van der Waals surface area contributed by atoms with E-state index in [4.69, 9.17) is 4.74 Å². The molecule has 0 amide bonds. The van der Waals surface area contributed by atoms with Crippen LogP contribution in [-0.2, 0) is 14.9 Å². The number of morpholine rings is 1. The zero-order chi connectivity index (χ0) is 16.3. The molecule has 1 atom stereocenters. The molecule has 3 rings (SSSR count). The first-order chi connectivity index (χ1) is 11.1. The summed E-state index contributed by atoms with van der Waals surface area (Å²) in [6, 6.07) is 3.99. The van der Waals surface area contributed by atoms with E-state index in [2.05, 4.69) is 10.3 Å². The van der Waals surface area contributed by atoms with Crippen molar-refractivity contribution >= 4 is 16.0 Å². The summed E-state index contributed by atoms with van der Waals surface area (Å²) in [5, 5.41) is 3.03. The number of rotatable bonds is 4. The smallest absolute Gasteiger partial charge is 0.282 e. The Bertz CT molecular complexity index is 631. The fourth-order valence-corrected chi connectivity index (χ4v) is 4.87. The van der Waals surface area contributed by atoms with Gasteiger partial charge in [-0.15, -0.1) is 0 Å². The van der Waals surface area contributed by atoms with E-state index in [0.717, 1.165) is 24.2 Å². The van der Waals surface area contributed by atoms with Gasteiger partial charge in [0, 0.05) is 39.4 Å². The molecule has 2 saturated heterocycles. The van der Waals surface area contributed by atoms with Crippen molar-refractivity contribution in [2.24, 2.45) is 0 Å². The van der Waals surface area contributed by atoms with E-state index in [0.29, 0.717) is 39.4 Å². The van der Waals surface area contributed by atoms with Crippen LogP contribution in [0.5, 0.6) is 0 Å². The molecule has 2 aliphatic rings. The van der Waals surface area contributed by atoms with E-state index in [-0.39, 0.29) is 5.92 Å². The average Bonchev–Trinajstić information content (AvgIpc) is 2.62. The molecule has 0 unspecified atom stereocenters. The Labute approximate surface area is 137 Å². The van der Waals surface area contributed by atoms with Gasteiger partial charge in [-0.1, -0.05) is 0 Å². The molecule has 1 N–H and O–H groups in total. The average molecular weight is 340 g/mol. The number of nitrogens with one attached hydrogen (secondary N) is 1. The van der Waals surface area contributed by atoms with Gasteiger partial charge >= 0.3 is 0 Å². The van der Waals surface area contributed by atoms with Crippen molar-refractivity contribution in [1.29, 1.82) is 0 Å². The molecule has 0 radical (unpaired) electrons. The van der Waals surface area contributed by atoms with Crippen LogP contribution in [0.15, 0.2) is 18.3 Å². The maximum absolute atomic E-state index is 12.8. The Balaban J connectivity index is 1.74. The minimum Gasteiger partial charge on any atom is -0.379 e. The predicted molar refractivity (Wildman–Crippen MR) is 88.6 cm³/mol. The van der Waals surface area contributed by atoms with Crippen molar-refractivity contribution in [2.45, 2.75) is 18.8 Å². The molecule has 3 heterocycles. The molecule has 0 saturated carbocycles. The molecule has 0 aromatic carbocycles.